The summed E-state index contributed by atoms with van der Waals surface area (Å²) in [5.74, 6) is -0.328. The van der Waals surface area contributed by atoms with Crippen molar-refractivity contribution >= 4 is 23.1 Å². The first-order valence-corrected chi connectivity index (χ1v) is 7.26. The van der Waals surface area contributed by atoms with E-state index in [0.717, 1.165) is 16.7 Å². The lowest BCUT2D eigenvalue weighted by Crippen LogP contribution is -2.08. The van der Waals surface area contributed by atoms with Crippen LogP contribution < -0.4 is 0 Å². The Balaban J connectivity index is 2.50. The molecule has 2 rings (SSSR count). The fourth-order valence-corrected chi connectivity index (χ4v) is 2.54. The van der Waals surface area contributed by atoms with Gasteiger partial charge in [0.1, 0.15) is 0 Å². The Morgan fingerprint density at radius 3 is 2.68 bits per heavy atom. The molecule has 0 aliphatic carbocycles. The predicted molar refractivity (Wildman–Crippen MR) is 83.6 cm³/mol. The average molecular weight is 321 g/mol. The van der Waals surface area contributed by atoms with E-state index in [2.05, 4.69) is 15.4 Å². The molecule has 0 unspecified atom stereocenters. The fraction of sp³-hybridized carbons (Fsp3) is 0.333. The number of aryl methyl sites for hydroxylation is 1. The van der Waals surface area contributed by atoms with Crippen LogP contribution in [0.25, 0.3) is 5.57 Å². The Hall–Kier alpha value is -2.21. The SMILES string of the molecule is CCC(C(=O)O)=C(C)c1ccc(Cl)cc1Cn1nnc(C)n1. The Labute approximate surface area is 133 Å². The van der Waals surface area contributed by atoms with Crippen LogP contribution in [0.3, 0.4) is 0 Å². The molecule has 2 aromatic rings. The van der Waals surface area contributed by atoms with E-state index in [4.69, 9.17) is 11.6 Å². The molecular weight excluding hydrogens is 304 g/mol. The van der Waals surface area contributed by atoms with Gasteiger partial charge in [0.2, 0.25) is 0 Å². The standard InChI is InChI=1S/C15H17ClN4O2/c1-4-13(15(21)22)9(2)14-6-5-12(16)7-11(14)8-20-18-10(3)17-19-20/h5-7H,4,8H2,1-3H3,(H,21,22). The maximum Gasteiger partial charge on any atom is 0.331 e. The quantitative estimate of drug-likeness (QED) is 0.857. The summed E-state index contributed by atoms with van der Waals surface area (Å²) < 4.78 is 0. The number of carboxylic acids is 1. The van der Waals surface area contributed by atoms with Crippen LogP contribution >= 0.6 is 11.6 Å². The van der Waals surface area contributed by atoms with Crippen LogP contribution in [0, 0.1) is 6.92 Å². The highest BCUT2D eigenvalue weighted by molar-refractivity contribution is 6.30. The zero-order valence-electron chi connectivity index (χ0n) is 12.7. The molecule has 1 heterocycles. The summed E-state index contributed by atoms with van der Waals surface area (Å²) >= 11 is 6.07. The monoisotopic (exact) mass is 320 g/mol. The lowest BCUT2D eigenvalue weighted by Gasteiger charge is -2.12. The summed E-state index contributed by atoms with van der Waals surface area (Å²) in [6.07, 6.45) is 0.448. The number of benzene rings is 1. The van der Waals surface area contributed by atoms with E-state index in [9.17, 15) is 9.90 Å². The van der Waals surface area contributed by atoms with Crippen LogP contribution in [0.5, 0.6) is 0 Å². The second kappa shape index (κ2) is 6.70. The van der Waals surface area contributed by atoms with Gasteiger partial charge in [-0.25, -0.2) is 4.79 Å². The van der Waals surface area contributed by atoms with Crippen molar-refractivity contribution in [2.24, 2.45) is 0 Å². The van der Waals surface area contributed by atoms with Gasteiger partial charge >= 0.3 is 5.97 Å². The zero-order chi connectivity index (χ0) is 16.3. The molecule has 116 valence electrons. The minimum absolute atomic E-state index is 0.380. The normalized spacial score (nSPS) is 12.2. The van der Waals surface area contributed by atoms with Crippen molar-refractivity contribution in [3.8, 4) is 0 Å². The second-order valence-corrected chi connectivity index (χ2v) is 5.37. The van der Waals surface area contributed by atoms with Crippen molar-refractivity contribution in [2.45, 2.75) is 33.7 Å². The van der Waals surface area contributed by atoms with Gasteiger partial charge in [-0.05, 0) is 54.3 Å². The molecule has 0 saturated heterocycles. The Morgan fingerprint density at radius 1 is 1.41 bits per heavy atom. The van der Waals surface area contributed by atoms with Crippen LogP contribution in [0.1, 0.15) is 37.2 Å². The van der Waals surface area contributed by atoms with E-state index < -0.39 is 5.97 Å². The van der Waals surface area contributed by atoms with Gasteiger partial charge < -0.3 is 5.11 Å². The number of tetrazole rings is 1. The van der Waals surface area contributed by atoms with Gasteiger partial charge in [-0.3, -0.25) is 0 Å². The molecule has 0 aliphatic rings. The number of hydrogen-bond acceptors (Lipinski definition) is 4. The average Bonchev–Trinajstić information content (AvgIpc) is 2.84. The molecule has 1 aromatic carbocycles. The molecule has 0 aliphatic heterocycles. The summed E-state index contributed by atoms with van der Waals surface area (Å²) in [6, 6.07) is 5.38. The van der Waals surface area contributed by atoms with E-state index >= 15 is 0 Å². The van der Waals surface area contributed by atoms with Crippen LogP contribution in [0.4, 0.5) is 0 Å². The minimum Gasteiger partial charge on any atom is -0.478 e. The van der Waals surface area contributed by atoms with Gasteiger partial charge in [0.05, 0.1) is 6.54 Å². The largest absolute Gasteiger partial charge is 0.478 e. The molecule has 7 heteroatoms. The lowest BCUT2D eigenvalue weighted by molar-refractivity contribution is -0.132. The third-order valence-electron chi connectivity index (χ3n) is 3.40. The van der Waals surface area contributed by atoms with Crippen LogP contribution in [0.15, 0.2) is 23.8 Å². The number of rotatable bonds is 5. The topological polar surface area (TPSA) is 80.9 Å². The fourth-order valence-electron chi connectivity index (χ4n) is 2.34. The molecular formula is C15H17ClN4O2. The maximum absolute atomic E-state index is 11.4. The molecule has 0 spiro atoms. The highest BCUT2D eigenvalue weighted by Gasteiger charge is 2.14. The lowest BCUT2D eigenvalue weighted by atomic mass is 9.95. The predicted octanol–water partition coefficient (Wildman–Crippen LogP) is 2.95. The van der Waals surface area contributed by atoms with Gasteiger partial charge in [-0.2, -0.15) is 4.80 Å². The molecule has 1 N–H and O–H groups in total. The van der Waals surface area contributed by atoms with Crippen molar-refractivity contribution in [2.75, 3.05) is 0 Å². The zero-order valence-corrected chi connectivity index (χ0v) is 13.4. The van der Waals surface area contributed by atoms with Gasteiger partial charge in [-0.15, -0.1) is 10.2 Å². The third kappa shape index (κ3) is 3.51. The Bertz CT molecular complexity index is 737. The third-order valence-corrected chi connectivity index (χ3v) is 3.64. The Kier molecular flexibility index (Phi) is 4.92. The molecule has 22 heavy (non-hydrogen) atoms. The van der Waals surface area contributed by atoms with Crippen LogP contribution in [0.2, 0.25) is 5.02 Å². The number of carboxylic acid groups (broad SMARTS) is 1. The molecule has 0 fully saturated rings. The number of nitrogens with zero attached hydrogens (tertiary/aromatic N) is 4. The van der Waals surface area contributed by atoms with Crippen LogP contribution in [-0.2, 0) is 11.3 Å². The van der Waals surface area contributed by atoms with Gasteiger partial charge in [-0.1, -0.05) is 24.6 Å². The van der Waals surface area contributed by atoms with E-state index in [-0.39, 0.29) is 0 Å². The first-order chi connectivity index (χ1) is 10.4. The first-order valence-electron chi connectivity index (χ1n) is 6.88. The van der Waals surface area contributed by atoms with Crippen molar-refractivity contribution in [3.63, 3.8) is 0 Å². The number of allylic oxidation sites excluding steroid dienone is 1. The van der Waals surface area contributed by atoms with Gasteiger partial charge in [0.25, 0.3) is 0 Å². The van der Waals surface area contributed by atoms with E-state index in [0.29, 0.717) is 29.4 Å². The van der Waals surface area contributed by atoms with Crippen molar-refractivity contribution in [1.29, 1.82) is 0 Å². The van der Waals surface area contributed by atoms with Crippen molar-refractivity contribution in [3.05, 3.63) is 45.7 Å². The highest BCUT2D eigenvalue weighted by atomic mass is 35.5. The van der Waals surface area contributed by atoms with E-state index in [1.54, 1.807) is 26.0 Å². The molecule has 6 nitrogen and oxygen atoms in total. The summed E-state index contributed by atoms with van der Waals surface area (Å²) in [5.41, 5.74) is 2.79. The molecule has 1 aromatic heterocycles. The van der Waals surface area contributed by atoms with E-state index in [1.807, 2.05) is 13.0 Å². The second-order valence-electron chi connectivity index (χ2n) is 4.93. The molecule has 0 radical (unpaired) electrons. The number of hydrogen-bond donors (Lipinski definition) is 1. The van der Waals surface area contributed by atoms with Crippen LogP contribution in [-0.4, -0.2) is 31.3 Å². The Morgan fingerprint density at radius 2 is 2.14 bits per heavy atom. The number of halogens is 1. The molecule has 0 atom stereocenters. The summed E-state index contributed by atoms with van der Waals surface area (Å²) in [6.45, 7) is 5.77. The highest BCUT2D eigenvalue weighted by Crippen LogP contribution is 2.27. The minimum atomic E-state index is -0.907. The summed E-state index contributed by atoms with van der Waals surface area (Å²) in [4.78, 5) is 12.8. The first kappa shape index (κ1) is 16.2. The summed E-state index contributed by atoms with van der Waals surface area (Å²) in [5, 5.41) is 21.8. The van der Waals surface area contributed by atoms with Gasteiger partial charge in [0, 0.05) is 10.6 Å². The van der Waals surface area contributed by atoms with Gasteiger partial charge in [0.15, 0.2) is 5.82 Å². The van der Waals surface area contributed by atoms with E-state index in [1.165, 1.54) is 4.80 Å². The molecule has 0 amide bonds. The number of carbonyl (C=O) groups is 1. The molecule has 0 bridgehead atoms. The van der Waals surface area contributed by atoms with Crippen molar-refractivity contribution < 1.29 is 9.90 Å². The molecule has 0 saturated carbocycles. The maximum atomic E-state index is 11.4. The van der Waals surface area contributed by atoms with Crippen molar-refractivity contribution in [1.82, 2.24) is 20.2 Å². The smallest absolute Gasteiger partial charge is 0.331 e. The number of aliphatic carboxylic acids is 1. The summed E-state index contributed by atoms with van der Waals surface area (Å²) in [7, 11) is 0. The number of aromatic nitrogens is 4.